The van der Waals surface area contributed by atoms with Gasteiger partial charge in [0.05, 0.1) is 32.6 Å². The summed E-state index contributed by atoms with van der Waals surface area (Å²) in [5.74, 6) is 1.53. The molecular weight excluding hydrogens is 346 g/mol. The Morgan fingerprint density at radius 1 is 1.44 bits per heavy atom. The molecule has 0 aliphatic carbocycles. The fourth-order valence-electron chi connectivity index (χ4n) is 3.39. The van der Waals surface area contributed by atoms with Gasteiger partial charge in [0.15, 0.2) is 5.96 Å². The van der Waals surface area contributed by atoms with Gasteiger partial charge in [-0.25, -0.2) is 0 Å². The summed E-state index contributed by atoms with van der Waals surface area (Å²) in [5, 5.41) is 7.66. The maximum absolute atomic E-state index is 5.93. The van der Waals surface area contributed by atoms with Crippen molar-refractivity contribution in [2.75, 3.05) is 59.2 Å². The first kappa shape index (κ1) is 20.1. The van der Waals surface area contributed by atoms with E-state index in [1.165, 1.54) is 0 Å². The molecule has 1 aromatic heterocycles. The normalized spacial score (nSPS) is 23.8. The average molecular weight is 380 g/mol. The number of morpholine rings is 1. The predicted molar refractivity (Wildman–Crippen MR) is 104 cm³/mol. The van der Waals surface area contributed by atoms with E-state index in [0.29, 0.717) is 12.5 Å². The molecule has 0 bridgehead atoms. The quantitative estimate of drug-likeness (QED) is 0.416. The first-order valence-corrected chi connectivity index (χ1v) is 10.0. The van der Waals surface area contributed by atoms with Crippen molar-refractivity contribution in [2.45, 2.75) is 25.9 Å². The van der Waals surface area contributed by atoms with E-state index in [2.05, 4.69) is 22.2 Å². The lowest BCUT2D eigenvalue weighted by atomic mass is 10.1. The van der Waals surface area contributed by atoms with Crippen LogP contribution in [0.5, 0.6) is 0 Å². The van der Waals surface area contributed by atoms with Gasteiger partial charge in [-0.05, 0) is 19.8 Å². The number of hydrogen-bond donors (Lipinski definition) is 1. The van der Waals surface area contributed by atoms with Crippen molar-refractivity contribution < 1.29 is 14.2 Å². The van der Waals surface area contributed by atoms with Gasteiger partial charge in [0, 0.05) is 57.6 Å². The number of hydrogen-bond acceptors (Lipinski definition) is 5. The molecule has 0 radical (unpaired) electrons. The molecule has 152 valence electrons. The Kier molecular flexibility index (Phi) is 7.92. The first-order valence-electron chi connectivity index (χ1n) is 10.0. The van der Waals surface area contributed by atoms with Crippen LogP contribution >= 0.6 is 0 Å². The van der Waals surface area contributed by atoms with E-state index in [-0.39, 0.29) is 6.10 Å². The summed E-state index contributed by atoms with van der Waals surface area (Å²) in [5.41, 5.74) is 1.11. The number of aliphatic imine (C=N–C) groups is 1. The fraction of sp³-hybridized carbons (Fsp3) is 0.789. The largest absolute Gasteiger partial charge is 0.381 e. The maximum Gasteiger partial charge on any atom is 0.194 e. The van der Waals surface area contributed by atoms with Crippen LogP contribution in [0.2, 0.25) is 0 Å². The Hall–Kier alpha value is -1.64. The van der Waals surface area contributed by atoms with E-state index < -0.39 is 0 Å². The molecule has 3 heterocycles. The van der Waals surface area contributed by atoms with E-state index in [9.17, 15) is 0 Å². The van der Waals surface area contributed by atoms with Crippen molar-refractivity contribution in [1.29, 1.82) is 0 Å². The summed E-state index contributed by atoms with van der Waals surface area (Å²) in [6.07, 6.45) is 5.99. The van der Waals surface area contributed by atoms with Gasteiger partial charge in [0.25, 0.3) is 0 Å². The van der Waals surface area contributed by atoms with Crippen LogP contribution in [-0.2, 0) is 21.3 Å². The molecule has 2 fully saturated rings. The molecule has 2 aliphatic rings. The van der Waals surface area contributed by atoms with Gasteiger partial charge in [0.2, 0.25) is 0 Å². The summed E-state index contributed by atoms with van der Waals surface area (Å²) in [7, 11) is 1.93. The summed E-state index contributed by atoms with van der Waals surface area (Å²) >= 11 is 0. The Labute approximate surface area is 161 Å². The van der Waals surface area contributed by atoms with Crippen molar-refractivity contribution in [2.24, 2.45) is 18.0 Å². The molecule has 2 saturated heterocycles. The van der Waals surface area contributed by atoms with E-state index in [1.807, 2.05) is 24.1 Å². The molecular formula is C19H33N5O3. The van der Waals surface area contributed by atoms with Crippen molar-refractivity contribution in [3.63, 3.8) is 0 Å². The summed E-state index contributed by atoms with van der Waals surface area (Å²) in [4.78, 5) is 7.07. The van der Waals surface area contributed by atoms with E-state index in [1.54, 1.807) is 0 Å². The lowest BCUT2D eigenvalue weighted by Gasteiger charge is -2.34. The molecule has 1 aromatic rings. The number of nitrogens with zero attached hydrogens (tertiary/aromatic N) is 4. The van der Waals surface area contributed by atoms with Crippen LogP contribution in [0.4, 0.5) is 0 Å². The summed E-state index contributed by atoms with van der Waals surface area (Å²) < 4.78 is 18.9. The third-order valence-corrected chi connectivity index (χ3v) is 4.88. The highest BCUT2D eigenvalue weighted by Gasteiger charge is 2.25. The Morgan fingerprint density at radius 2 is 2.37 bits per heavy atom. The Morgan fingerprint density at radius 3 is 3.11 bits per heavy atom. The smallest absolute Gasteiger partial charge is 0.194 e. The molecule has 2 aliphatic heterocycles. The summed E-state index contributed by atoms with van der Waals surface area (Å²) in [6, 6.07) is 0. The van der Waals surface area contributed by atoms with E-state index in [4.69, 9.17) is 19.2 Å². The molecule has 0 amide bonds. The molecule has 0 aromatic carbocycles. The van der Waals surface area contributed by atoms with Crippen molar-refractivity contribution in [3.8, 4) is 0 Å². The second-order valence-electron chi connectivity index (χ2n) is 7.15. The van der Waals surface area contributed by atoms with Gasteiger partial charge in [-0.15, -0.1) is 0 Å². The molecule has 2 unspecified atom stereocenters. The van der Waals surface area contributed by atoms with Gasteiger partial charge < -0.3 is 24.4 Å². The number of guanidine groups is 1. The Bertz CT molecular complexity index is 586. The zero-order valence-corrected chi connectivity index (χ0v) is 16.6. The third kappa shape index (κ3) is 6.19. The van der Waals surface area contributed by atoms with Gasteiger partial charge >= 0.3 is 0 Å². The maximum atomic E-state index is 5.93. The average Bonchev–Trinajstić information content (AvgIpc) is 3.35. The zero-order chi connectivity index (χ0) is 18.9. The van der Waals surface area contributed by atoms with Crippen molar-refractivity contribution >= 4 is 5.96 Å². The number of rotatable bonds is 8. The minimum Gasteiger partial charge on any atom is -0.381 e. The number of nitrogens with one attached hydrogen (secondary N) is 1. The highest BCUT2D eigenvalue weighted by atomic mass is 16.5. The number of ether oxygens (including phenoxy) is 3. The SMILES string of the molecule is CCNC(=NCCCOCC1CCOC1)N1CCOC(c2cnn(C)c2)C1. The molecule has 0 spiro atoms. The van der Waals surface area contributed by atoms with Gasteiger partial charge in [-0.2, -0.15) is 5.10 Å². The second kappa shape index (κ2) is 10.6. The lowest BCUT2D eigenvalue weighted by Crippen LogP contribution is -2.48. The summed E-state index contributed by atoms with van der Waals surface area (Å²) in [6.45, 7) is 9.32. The van der Waals surface area contributed by atoms with E-state index >= 15 is 0 Å². The highest BCUT2D eigenvalue weighted by Crippen LogP contribution is 2.21. The highest BCUT2D eigenvalue weighted by molar-refractivity contribution is 5.80. The van der Waals surface area contributed by atoms with Crippen LogP contribution in [-0.4, -0.2) is 79.9 Å². The molecule has 8 heteroatoms. The van der Waals surface area contributed by atoms with Crippen LogP contribution < -0.4 is 5.32 Å². The minimum absolute atomic E-state index is 0.0354. The van der Waals surface area contributed by atoms with Gasteiger partial charge in [-0.1, -0.05) is 0 Å². The molecule has 1 N–H and O–H groups in total. The van der Waals surface area contributed by atoms with E-state index in [0.717, 1.165) is 77.0 Å². The monoisotopic (exact) mass is 379 g/mol. The zero-order valence-electron chi connectivity index (χ0n) is 16.6. The van der Waals surface area contributed by atoms with Crippen molar-refractivity contribution in [3.05, 3.63) is 18.0 Å². The van der Waals surface area contributed by atoms with Crippen LogP contribution in [0.25, 0.3) is 0 Å². The van der Waals surface area contributed by atoms with Crippen LogP contribution in [0.15, 0.2) is 17.4 Å². The molecule has 8 nitrogen and oxygen atoms in total. The van der Waals surface area contributed by atoms with Crippen LogP contribution in [0, 0.1) is 5.92 Å². The third-order valence-electron chi connectivity index (χ3n) is 4.88. The molecule has 27 heavy (non-hydrogen) atoms. The second-order valence-corrected chi connectivity index (χ2v) is 7.15. The molecule has 3 rings (SSSR count). The fourth-order valence-corrected chi connectivity index (χ4v) is 3.39. The lowest BCUT2D eigenvalue weighted by molar-refractivity contribution is -0.00805. The van der Waals surface area contributed by atoms with Gasteiger partial charge in [0.1, 0.15) is 6.10 Å². The van der Waals surface area contributed by atoms with Crippen LogP contribution in [0.1, 0.15) is 31.4 Å². The standard InChI is InChI=1S/C19H33N5O3/c1-3-20-19(21-6-4-8-25-14-16-5-9-26-15-16)24-7-10-27-18(13-24)17-11-22-23(2)12-17/h11-12,16,18H,3-10,13-15H2,1-2H3,(H,20,21). The topological polar surface area (TPSA) is 73.1 Å². The predicted octanol–water partition coefficient (Wildman–Crippen LogP) is 1.20. The number of aromatic nitrogens is 2. The first-order chi connectivity index (χ1) is 13.3. The molecule has 0 saturated carbocycles. The minimum atomic E-state index is 0.0354. The van der Waals surface area contributed by atoms with Gasteiger partial charge in [-0.3, -0.25) is 9.67 Å². The van der Waals surface area contributed by atoms with Crippen LogP contribution in [0.3, 0.4) is 0 Å². The Balaban J connectivity index is 1.44. The number of aryl methyl sites for hydroxylation is 1. The molecule has 2 atom stereocenters. The van der Waals surface area contributed by atoms with Crippen molar-refractivity contribution in [1.82, 2.24) is 20.0 Å².